The highest BCUT2D eigenvalue weighted by Crippen LogP contribution is 2.48. The maximum absolute atomic E-state index is 14.6. The number of nitrogens with one attached hydrogen (secondary N) is 3. The van der Waals surface area contributed by atoms with E-state index in [9.17, 15) is 17.2 Å². The molecule has 0 aliphatic heterocycles. The maximum atomic E-state index is 14.6. The molecule has 7 nitrogen and oxygen atoms in total. The Bertz CT molecular complexity index is 1480. The summed E-state index contributed by atoms with van der Waals surface area (Å²) in [4.78, 5) is 3.19. The number of rotatable bonds is 10. The van der Waals surface area contributed by atoms with E-state index in [1.54, 1.807) is 0 Å². The first-order valence-corrected chi connectivity index (χ1v) is 14.7. The van der Waals surface area contributed by atoms with Crippen LogP contribution in [0, 0.1) is 24.5 Å². The van der Waals surface area contributed by atoms with E-state index in [0.717, 1.165) is 47.8 Å². The summed E-state index contributed by atoms with van der Waals surface area (Å²) < 4.78 is 62.6. The first-order chi connectivity index (χ1) is 18.2. The van der Waals surface area contributed by atoms with Crippen LogP contribution < -0.4 is 9.44 Å². The molecule has 0 unspecified atom stereocenters. The topological polar surface area (TPSA) is 83.8 Å². The predicted molar refractivity (Wildman–Crippen MR) is 154 cm³/mol. The van der Waals surface area contributed by atoms with Gasteiger partial charge >= 0.3 is 0 Å². The van der Waals surface area contributed by atoms with Crippen LogP contribution in [0.1, 0.15) is 54.4 Å². The van der Waals surface area contributed by atoms with Crippen molar-refractivity contribution in [2.24, 2.45) is 13.0 Å². The number of benzene rings is 2. The molecule has 2 aromatic heterocycles. The van der Waals surface area contributed by atoms with Gasteiger partial charge in [0.15, 0.2) is 0 Å². The molecule has 4 aromatic rings. The highest BCUT2D eigenvalue weighted by atomic mass is 32.2. The van der Waals surface area contributed by atoms with Gasteiger partial charge in [-0.2, -0.15) is 8.42 Å². The lowest BCUT2D eigenvalue weighted by Gasteiger charge is -2.36. The first kappa shape index (κ1) is 28.1. The number of hydrogen-bond acceptors (Lipinski definition) is 2. The summed E-state index contributed by atoms with van der Waals surface area (Å²) in [7, 11) is -1.65. The van der Waals surface area contributed by atoms with Crippen molar-refractivity contribution in [3.63, 3.8) is 0 Å². The summed E-state index contributed by atoms with van der Waals surface area (Å²) in [6, 6.07) is 10.2. The van der Waals surface area contributed by atoms with Crippen molar-refractivity contribution in [2.75, 3.05) is 13.1 Å². The van der Waals surface area contributed by atoms with E-state index in [2.05, 4.69) is 14.4 Å². The van der Waals surface area contributed by atoms with E-state index < -0.39 is 21.8 Å². The molecule has 1 aliphatic carbocycles. The van der Waals surface area contributed by atoms with Crippen LogP contribution >= 0.6 is 0 Å². The van der Waals surface area contributed by atoms with Crippen molar-refractivity contribution < 1.29 is 21.5 Å². The molecule has 0 amide bonds. The third kappa shape index (κ3) is 6.19. The minimum atomic E-state index is -3.58. The Morgan fingerprint density at radius 2 is 1.79 bits per heavy atom. The van der Waals surface area contributed by atoms with Crippen molar-refractivity contribution in [3.05, 3.63) is 71.6 Å². The number of hydrogen-bond donors (Lipinski definition) is 3. The van der Waals surface area contributed by atoms with Crippen molar-refractivity contribution in [2.45, 2.75) is 52.5 Å². The van der Waals surface area contributed by atoms with Gasteiger partial charge in [0, 0.05) is 54.8 Å². The van der Waals surface area contributed by atoms with Crippen LogP contribution in [-0.4, -0.2) is 35.9 Å². The lowest BCUT2D eigenvalue weighted by atomic mass is 9.70. The third-order valence-electron chi connectivity index (χ3n) is 7.13. The van der Waals surface area contributed by atoms with Crippen LogP contribution in [0.5, 0.6) is 0 Å². The number of aryl methyl sites for hydroxylation is 3. The quantitative estimate of drug-likeness (QED) is 0.201. The maximum Gasteiger partial charge on any atom is 0.276 e. The van der Waals surface area contributed by atoms with E-state index in [4.69, 9.17) is 0 Å². The van der Waals surface area contributed by atoms with Crippen LogP contribution in [0.2, 0.25) is 0 Å². The second-order valence-electron chi connectivity index (χ2n) is 9.76. The highest BCUT2D eigenvalue weighted by molar-refractivity contribution is 7.87. The standard InChI is InChI=1S/C26H31F2N5O2S.C2H6.3H2/c1-17-4-6-19(7-5-17)25-24(22-14-21(27)15-23(28)26(22)31-25)20-12-18(13-20)16-30-36(34,35)29-8-3-9-33-11-10-32(33)2;1-2;;;/h4-7,10-11,14-15,18,20,29-31H,3,8-9,12-13,16H2,1-2H3;1-2H3;3*1H. The van der Waals surface area contributed by atoms with E-state index >= 15 is 0 Å². The summed E-state index contributed by atoms with van der Waals surface area (Å²) in [5, 5.41) is 0.552. The fourth-order valence-electron chi connectivity index (χ4n) is 5.00. The Morgan fingerprint density at radius 1 is 1.08 bits per heavy atom. The van der Waals surface area contributed by atoms with Gasteiger partial charge in [-0.3, -0.25) is 9.36 Å². The minimum absolute atomic E-state index is 0. The zero-order valence-corrected chi connectivity index (χ0v) is 23.2. The summed E-state index contributed by atoms with van der Waals surface area (Å²) in [6.07, 6.45) is 6.04. The van der Waals surface area contributed by atoms with Gasteiger partial charge in [-0.15, -0.1) is 0 Å². The molecule has 1 saturated carbocycles. The zero-order chi connectivity index (χ0) is 27.4. The van der Waals surface area contributed by atoms with Crippen molar-refractivity contribution in [3.8, 4) is 11.3 Å². The summed E-state index contributed by atoms with van der Waals surface area (Å²) in [6.45, 7) is 7.43. The van der Waals surface area contributed by atoms with Crippen molar-refractivity contribution in [1.29, 1.82) is 0 Å². The lowest BCUT2D eigenvalue weighted by molar-refractivity contribution is 0.267. The number of nitrogens with zero attached hydrogens (tertiary/aromatic N) is 2. The van der Waals surface area contributed by atoms with E-state index in [1.165, 1.54) is 6.07 Å². The minimum Gasteiger partial charge on any atom is -0.352 e. The Labute approximate surface area is 227 Å². The largest absolute Gasteiger partial charge is 0.352 e. The number of halogens is 2. The molecule has 10 heteroatoms. The monoisotopic (exact) mass is 551 g/mol. The Morgan fingerprint density at radius 3 is 2.42 bits per heavy atom. The summed E-state index contributed by atoms with van der Waals surface area (Å²) in [5.74, 6) is -0.987. The molecule has 5 rings (SSSR count). The van der Waals surface area contributed by atoms with Gasteiger partial charge in [0.05, 0.1) is 11.2 Å². The normalized spacial score (nSPS) is 17.3. The lowest BCUT2D eigenvalue weighted by Crippen LogP contribution is -2.42. The smallest absolute Gasteiger partial charge is 0.276 e. The van der Waals surface area contributed by atoms with Crippen molar-refractivity contribution in [1.82, 2.24) is 23.8 Å². The van der Waals surface area contributed by atoms with E-state index in [-0.39, 0.29) is 16.1 Å². The number of H-pyrrole nitrogens is 1. The second kappa shape index (κ2) is 11.8. The summed E-state index contributed by atoms with van der Waals surface area (Å²) >= 11 is 0. The fourth-order valence-corrected chi connectivity index (χ4v) is 5.97. The molecule has 0 saturated heterocycles. The molecule has 0 spiro atoms. The third-order valence-corrected chi connectivity index (χ3v) is 8.26. The van der Waals surface area contributed by atoms with Gasteiger partial charge in [-0.25, -0.2) is 18.2 Å². The Hall–Kier alpha value is -2.95. The Balaban J connectivity index is 0.00000165. The second-order valence-corrected chi connectivity index (χ2v) is 11.3. The molecular weight excluding hydrogens is 508 g/mol. The summed E-state index contributed by atoms with van der Waals surface area (Å²) in [5.41, 5.74) is 4.02. The number of fused-ring (bicyclic) bond motifs is 1. The average molecular weight is 552 g/mol. The number of aromatic nitrogens is 3. The van der Waals surface area contributed by atoms with Gasteiger partial charge in [0.25, 0.3) is 10.2 Å². The van der Waals surface area contributed by atoms with E-state index in [0.29, 0.717) is 30.4 Å². The Kier molecular flexibility index (Phi) is 8.74. The molecule has 1 aliphatic rings. The molecule has 0 bridgehead atoms. The van der Waals surface area contributed by atoms with Crippen LogP contribution in [0.15, 0.2) is 48.8 Å². The molecular formula is C28H43F2N5O2S. The molecule has 2 aromatic carbocycles. The highest BCUT2D eigenvalue weighted by Gasteiger charge is 2.35. The molecule has 1 fully saturated rings. The van der Waals surface area contributed by atoms with Gasteiger partial charge in [-0.1, -0.05) is 43.7 Å². The predicted octanol–water partition coefficient (Wildman–Crippen LogP) is 6.33. The van der Waals surface area contributed by atoms with Crippen LogP contribution in [-0.2, 0) is 23.8 Å². The molecule has 212 valence electrons. The van der Waals surface area contributed by atoms with Gasteiger partial charge in [-0.05, 0) is 55.2 Å². The fraction of sp³-hybridized carbons (Fsp3) is 0.429. The van der Waals surface area contributed by atoms with Crippen molar-refractivity contribution >= 4 is 21.1 Å². The SMILES string of the molecule is CC.Cc1ccc(-c2[nH]c3c(F)cc(F)cc3c2C2CC(CNS(=O)(=O)NCCCn3ccn3C)C2)cc1.[HH].[HH].[HH]. The first-order valence-electron chi connectivity index (χ1n) is 13.2. The molecule has 0 radical (unpaired) electrons. The van der Waals surface area contributed by atoms with Gasteiger partial charge in [0.2, 0.25) is 0 Å². The van der Waals surface area contributed by atoms with E-state index in [1.807, 2.05) is 73.8 Å². The number of aromatic amines is 1. The van der Waals surface area contributed by atoms with Gasteiger partial charge in [0.1, 0.15) is 11.6 Å². The molecule has 2 heterocycles. The average Bonchev–Trinajstić information content (AvgIpc) is 3.23. The van der Waals surface area contributed by atoms with Crippen LogP contribution in [0.4, 0.5) is 8.78 Å². The van der Waals surface area contributed by atoms with Crippen LogP contribution in [0.3, 0.4) is 0 Å². The van der Waals surface area contributed by atoms with Gasteiger partial charge < -0.3 is 4.98 Å². The molecule has 38 heavy (non-hydrogen) atoms. The van der Waals surface area contributed by atoms with Crippen LogP contribution in [0.25, 0.3) is 22.2 Å². The molecule has 0 atom stereocenters. The molecule has 3 N–H and O–H groups in total. The zero-order valence-electron chi connectivity index (χ0n) is 22.4.